The Morgan fingerprint density at radius 3 is 3.06 bits per heavy atom. The van der Waals surface area contributed by atoms with E-state index >= 15 is 0 Å². The molecule has 1 fully saturated rings. The van der Waals surface area contributed by atoms with Gasteiger partial charge in [-0.05, 0) is 18.9 Å². The molecule has 2 aromatic heterocycles. The van der Waals surface area contributed by atoms with Crippen LogP contribution in [0.4, 0.5) is 4.39 Å². The number of halogens is 1. The molecule has 0 saturated heterocycles. The predicted octanol–water partition coefficient (Wildman–Crippen LogP) is 2.60. The SMILES string of the molecule is Fc1cncc(-c2csc(CNC3CC3)n2)c1. The highest BCUT2D eigenvalue weighted by atomic mass is 32.1. The summed E-state index contributed by atoms with van der Waals surface area (Å²) in [4.78, 5) is 8.30. The van der Waals surface area contributed by atoms with E-state index in [1.807, 2.05) is 5.38 Å². The van der Waals surface area contributed by atoms with Gasteiger partial charge in [-0.1, -0.05) is 0 Å². The third kappa shape index (κ3) is 2.68. The first-order chi connectivity index (χ1) is 8.31. The van der Waals surface area contributed by atoms with Crippen molar-refractivity contribution in [2.75, 3.05) is 0 Å². The summed E-state index contributed by atoms with van der Waals surface area (Å²) in [6, 6.07) is 2.14. The summed E-state index contributed by atoms with van der Waals surface area (Å²) in [5.74, 6) is -0.326. The molecule has 88 valence electrons. The number of rotatable bonds is 4. The summed E-state index contributed by atoms with van der Waals surface area (Å²) in [7, 11) is 0. The molecular weight excluding hydrogens is 237 g/mol. The van der Waals surface area contributed by atoms with Gasteiger partial charge in [-0.15, -0.1) is 11.3 Å². The van der Waals surface area contributed by atoms with Gasteiger partial charge in [-0.25, -0.2) is 9.37 Å². The predicted molar refractivity (Wildman–Crippen MR) is 65.2 cm³/mol. The van der Waals surface area contributed by atoms with Gasteiger partial charge < -0.3 is 5.32 Å². The van der Waals surface area contributed by atoms with E-state index < -0.39 is 0 Å². The fourth-order valence-electron chi connectivity index (χ4n) is 1.60. The zero-order chi connectivity index (χ0) is 11.7. The van der Waals surface area contributed by atoms with E-state index in [2.05, 4.69) is 15.3 Å². The van der Waals surface area contributed by atoms with E-state index in [-0.39, 0.29) is 5.82 Å². The fourth-order valence-corrected chi connectivity index (χ4v) is 2.35. The Labute approximate surface area is 103 Å². The highest BCUT2D eigenvalue weighted by Gasteiger charge is 2.20. The van der Waals surface area contributed by atoms with Gasteiger partial charge >= 0.3 is 0 Å². The third-order valence-electron chi connectivity index (χ3n) is 2.67. The number of thiazole rings is 1. The molecule has 0 aromatic carbocycles. The van der Waals surface area contributed by atoms with Crippen LogP contribution in [-0.2, 0) is 6.54 Å². The van der Waals surface area contributed by atoms with Crippen molar-refractivity contribution >= 4 is 11.3 Å². The number of pyridine rings is 1. The minimum absolute atomic E-state index is 0.326. The van der Waals surface area contributed by atoms with Crippen molar-refractivity contribution in [3.8, 4) is 11.3 Å². The molecule has 1 aliphatic carbocycles. The van der Waals surface area contributed by atoms with Crippen LogP contribution >= 0.6 is 11.3 Å². The van der Waals surface area contributed by atoms with Crippen LogP contribution in [-0.4, -0.2) is 16.0 Å². The lowest BCUT2D eigenvalue weighted by Crippen LogP contribution is -2.14. The van der Waals surface area contributed by atoms with E-state index in [9.17, 15) is 4.39 Å². The van der Waals surface area contributed by atoms with E-state index in [4.69, 9.17) is 0 Å². The standard InChI is InChI=1S/C12H12FN3S/c13-9-3-8(4-14-5-9)11-7-17-12(16-11)6-15-10-1-2-10/h3-5,7,10,15H,1-2,6H2. The summed E-state index contributed by atoms with van der Waals surface area (Å²) < 4.78 is 13.0. The smallest absolute Gasteiger partial charge is 0.142 e. The monoisotopic (exact) mass is 249 g/mol. The molecule has 1 N–H and O–H groups in total. The molecule has 0 spiro atoms. The van der Waals surface area contributed by atoms with Crippen LogP contribution in [0, 0.1) is 5.82 Å². The molecule has 5 heteroatoms. The molecule has 1 saturated carbocycles. The lowest BCUT2D eigenvalue weighted by atomic mass is 10.2. The maximum atomic E-state index is 13.0. The number of nitrogens with one attached hydrogen (secondary N) is 1. The Balaban J connectivity index is 1.74. The topological polar surface area (TPSA) is 37.8 Å². The number of hydrogen-bond donors (Lipinski definition) is 1. The summed E-state index contributed by atoms with van der Waals surface area (Å²) in [6.07, 6.45) is 5.37. The maximum absolute atomic E-state index is 13.0. The fraction of sp³-hybridized carbons (Fsp3) is 0.333. The molecule has 0 radical (unpaired) electrons. The molecule has 17 heavy (non-hydrogen) atoms. The van der Waals surface area contributed by atoms with Crippen molar-refractivity contribution < 1.29 is 4.39 Å². The molecule has 0 bridgehead atoms. The molecular formula is C12H12FN3S. The lowest BCUT2D eigenvalue weighted by molar-refractivity contribution is 0.622. The van der Waals surface area contributed by atoms with Crippen molar-refractivity contribution in [3.05, 3.63) is 34.7 Å². The Morgan fingerprint density at radius 1 is 1.41 bits per heavy atom. The van der Waals surface area contributed by atoms with E-state index in [1.54, 1.807) is 17.5 Å². The minimum atomic E-state index is -0.326. The van der Waals surface area contributed by atoms with Crippen molar-refractivity contribution in [1.29, 1.82) is 0 Å². The Kier molecular flexibility index (Phi) is 2.86. The summed E-state index contributed by atoms with van der Waals surface area (Å²) >= 11 is 1.60. The van der Waals surface area contributed by atoms with Crippen molar-refractivity contribution in [2.24, 2.45) is 0 Å². The molecule has 0 aliphatic heterocycles. The number of aromatic nitrogens is 2. The summed E-state index contributed by atoms with van der Waals surface area (Å²) in [5.41, 5.74) is 1.54. The van der Waals surface area contributed by atoms with Gasteiger partial charge in [0.1, 0.15) is 10.8 Å². The zero-order valence-electron chi connectivity index (χ0n) is 9.19. The van der Waals surface area contributed by atoms with Gasteiger partial charge in [0.25, 0.3) is 0 Å². The summed E-state index contributed by atoms with van der Waals surface area (Å²) in [5, 5.41) is 6.39. The highest BCUT2D eigenvalue weighted by molar-refractivity contribution is 7.09. The molecule has 2 aromatic rings. The van der Waals surface area contributed by atoms with E-state index in [1.165, 1.54) is 25.1 Å². The average Bonchev–Trinajstić information content (AvgIpc) is 3.04. The molecule has 3 nitrogen and oxygen atoms in total. The Bertz CT molecular complexity index is 522. The van der Waals surface area contributed by atoms with Crippen molar-refractivity contribution in [1.82, 2.24) is 15.3 Å². The van der Waals surface area contributed by atoms with Crippen LogP contribution in [0.2, 0.25) is 0 Å². The number of hydrogen-bond acceptors (Lipinski definition) is 4. The minimum Gasteiger partial charge on any atom is -0.308 e. The molecule has 0 amide bonds. The molecule has 1 aliphatic rings. The second kappa shape index (κ2) is 4.50. The van der Waals surface area contributed by atoms with Gasteiger partial charge in [-0.2, -0.15) is 0 Å². The Morgan fingerprint density at radius 2 is 2.29 bits per heavy atom. The maximum Gasteiger partial charge on any atom is 0.142 e. The van der Waals surface area contributed by atoms with Gasteiger partial charge in [0, 0.05) is 29.7 Å². The van der Waals surface area contributed by atoms with E-state index in [0.717, 1.165) is 22.8 Å². The molecule has 2 heterocycles. The van der Waals surface area contributed by atoms with Crippen LogP contribution < -0.4 is 5.32 Å². The van der Waals surface area contributed by atoms with Crippen LogP contribution in [0.15, 0.2) is 23.8 Å². The zero-order valence-corrected chi connectivity index (χ0v) is 10.0. The average molecular weight is 249 g/mol. The van der Waals surface area contributed by atoms with Crippen LogP contribution in [0.1, 0.15) is 17.8 Å². The van der Waals surface area contributed by atoms with Crippen molar-refractivity contribution in [2.45, 2.75) is 25.4 Å². The number of nitrogens with zero attached hydrogens (tertiary/aromatic N) is 2. The first-order valence-corrected chi connectivity index (χ1v) is 6.48. The third-order valence-corrected chi connectivity index (χ3v) is 3.52. The van der Waals surface area contributed by atoms with Gasteiger partial charge in [0.2, 0.25) is 0 Å². The normalized spacial score (nSPS) is 15.1. The second-order valence-electron chi connectivity index (χ2n) is 4.17. The quantitative estimate of drug-likeness (QED) is 0.905. The Hall–Kier alpha value is -1.33. The highest BCUT2D eigenvalue weighted by Crippen LogP contribution is 2.23. The second-order valence-corrected chi connectivity index (χ2v) is 5.12. The van der Waals surface area contributed by atoms with Crippen LogP contribution in [0.5, 0.6) is 0 Å². The van der Waals surface area contributed by atoms with E-state index in [0.29, 0.717) is 6.04 Å². The van der Waals surface area contributed by atoms with Gasteiger partial charge in [0.05, 0.1) is 11.9 Å². The molecule has 0 unspecified atom stereocenters. The molecule has 0 atom stereocenters. The first kappa shape index (κ1) is 10.8. The van der Waals surface area contributed by atoms with Gasteiger partial charge in [-0.3, -0.25) is 4.98 Å². The van der Waals surface area contributed by atoms with Crippen LogP contribution in [0.25, 0.3) is 11.3 Å². The van der Waals surface area contributed by atoms with Gasteiger partial charge in [0.15, 0.2) is 0 Å². The van der Waals surface area contributed by atoms with Crippen LogP contribution in [0.3, 0.4) is 0 Å². The summed E-state index contributed by atoms with van der Waals surface area (Å²) in [6.45, 7) is 0.804. The molecule has 3 rings (SSSR count). The first-order valence-electron chi connectivity index (χ1n) is 5.60. The largest absolute Gasteiger partial charge is 0.308 e. The lowest BCUT2D eigenvalue weighted by Gasteiger charge is -1.98. The van der Waals surface area contributed by atoms with Crippen molar-refractivity contribution in [3.63, 3.8) is 0 Å².